The van der Waals surface area contributed by atoms with Crippen molar-refractivity contribution < 1.29 is 19.0 Å². The maximum Gasteiger partial charge on any atom is 0.421 e. The van der Waals surface area contributed by atoms with Gasteiger partial charge in [0.1, 0.15) is 11.5 Å². The van der Waals surface area contributed by atoms with Gasteiger partial charge in [0.05, 0.1) is 33.4 Å². The van der Waals surface area contributed by atoms with E-state index in [1.807, 2.05) is 18.0 Å². The van der Waals surface area contributed by atoms with Gasteiger partial charge in [-0.2, -0.15) is 5.26 Å². The van der Waals surface area contributed by atoms with Gasteiger partial charge in [-0.1, -0.05) is 24.3 Å². The number of amides is 1. The summed E-state index contributed by atoms with van der Waals surface area (Å²) in [6, 6.07) is 15.1. The van der Waals surface area contributed by atoms with E-state index in [2.05, 4.69) is 58.9 Å². The number of allylic oxidation sites excluding steroid dienone is 4. The Bertz CT molecular complexity index is 1410. The standard InChI is InChI=1S/C19H26N2O3.C18H22N2O/c1-3-24-19(22)20-21-11-9-15(10-12-21)17-6-4-5-14-7-8-16(23-2)13-18(14)17;1-21-16-6-5-14-3-2-4-17(18(14)13-16)15-7-10-20(11-8-15)12-9-19/h6-8,13,15H,3-5,9-12H2,1-2H3,(H,20,22);4-6,13,15H,2-3,7-8,10-12H2,1H3. The second-order valence-corrected chi connectivity index (χ2v) is 12.2. The number of aryl methyl sites for hydroxylation is 2. The SMILES string of the molecule is CCOC(=O)NN1CCC(C2=CCCc3ccc(OC)cc32)CC1.COc1ccc2c(c1)C(C1CCN(CC#N)CC1)=CCC2. The molecule has 0 aromatic heterocycles. The zero-order valence-corrected chi connectivity index (χ0v) is 27.1. The second kappa shape index (κ2) is 16.0. The summed E-state index contributed by atoms with van der Waals surface area (Å²) in [5, 5.41) is 10.8. The van der Waals surface area contributed by atoms with Gasteiger partial charge < -0.3 is 14.2 Å². The minimum Gasteiger partial charge on any atom is -0.497 e. The molecule has 4 aliphatic rings. The zero-order valence-electron chi connectivity index (χ0n) is 27.1. The quantitative estimate of drug-likeness (QED) is 0.350. The maximum absolute atomic E-state index is 11.5. The fourth-order valence-electron chi connectivity index (χ4n) is 7.19. The van der Waals surface area contributed by atoms with Crippen molar-refractivity contribution in [2.75, 3.05) is 53.6 Å². The van der Waals surface area contributed by atoms with Crippen LogP contribution in [-0.4, -0.2) is 69.6 Å². The first kappa shape index (κ1) is 32.6. The maximum atomic E-state index is 11.5. The van der Waals surface area contributed by atoms with E-state index in [9.17, 15) is 4.79 Å². The van der Waals surface area contributed by atoms with Gasteiger partial charge in [0, 0.05) is 13.1 Å². The van der Waals surface area contributed by atoms with Gasteiger partial charge in [0.25, 0.3) is 0 Å². The molecule has 2 aromatic rings. The van der Waals surface area contributed by atoms with Crippen LogP contribution in [0.15, 0.2) is 48.6 Å². The smallest absolute Gasteiger partial charge is 0.421 e. The molecule has 2 aliphatic carbocycles. The van der Waals surface area contributed by atoms with E-state index < -0.39 is 0 Å². The number of methoxy groups -OCH3 is 2. The summed E-state index contributed by atoms with van der Waals surface area (Å²) >= 11 is 0. The van der Waals surface area contributed by atoms with Crippen molar-refractivity contribution >= 4 is 17.2 Å². The fourth-order valence-corrected chi connectivity index (χ4v) is 7.19. The van der Waals surface area contributed by atoms with Crippen LogP contribution in [0.4, 0.5) is 4.79 Å². The van der Waals surface area contributed by atoms with Gasteiger partial charge >= 0.3 is 6.09 Å². The zero-order chi connectivity index (χ0) is 31.6. The molecule has 1 N–H and O–H groups in total. The van der Waals surface area contributed by atoms with Crippen LogP contribution in [0.3, 0.4) is 0 Å². The third-order valence-electron chi connectivity index (χ3n) is 9.59. The van der Waals surface area contributed by atoms with E-state index in [1.54, 1.807) is 14.2 Å². The lowest BCUT2D eigenvalue weighted by Crippen LogP contribution is -2.47. The number of benzene rings is 2. The van der Waals surface area contributed by atoms with Crippen LogP contribution in [0.5, 0.6) is 11.5 Å². The lowest BCUT2D eigenvalue weighted by atomic mass is 9.79. The van der Waals surface area contributed by atoms with Crippen molar-refractivity contribution in [1.29, 1.82) is 5.26 Å². The second-order valence-electron chi connectivity index (χ2n) is 12.2. The molecule has 2 fully saturated rings. The highest BCUT2D eigenvalue weighted by molar-refractivity contribution is 5.74. The summed E-state index contributed by atoms with van der Waals surface area (Å²) in [4.78, 5) is 13.8. The number of fused-ring (bicyclic) bond motifs is 2. The van der Waals surface area contributed by atoms with Crippen molar-refractivity contribution in [2.24, 2.45) is 11.8 Å². The largest absolute Gasteiger partial charge is 0.497 e. The Balaban J connectivity index is 0.000000179. The predicted molar refractivity (Wildman–Crippen MR) is 178 cm³/mol. The monoisotopic (exact) mass is 612 g/mol. The van der Waals surface area contributed by atoms with Crippen molar-refractivity contribution in [3.8, 4) is 17.6 Å². The fraction of sp³-hybridized carbons (Fsp3) is 0.514. The number of carbonyl (C=O) groups excluding carboxylic acids is 1. The molecule has 2 saturated heterocycles. The average Bonchev–Trinajstić information content (AvgIpc) is 3.08. The number of likely N-dealkylation sites (tertiary alicyclic amines) is 1. The molecule has 0 atom stereocenters. The van der Waals surface area contributed by atoms with Gasteiger partial charge in [-0.15, -0.1) is 0 Å². The van der Waals surface area contributed by atoms with E-state index in [1.165, 1.54) is 33.4 Å². The topological polar surface area (TPSA) is 87.1 Å². The van der Waals surface area contributed by atoms with Gasteiger partial charge in [0.15, 0.2) is 0 Å². The Labute approximate surface area is 268 Å². The molecule has 0 unspecified atom stereocenters. The van der Waals surface area contributed by atoms with E-state index >= 15 is 0 Å². The lowest BCUT2D eigenvalue weighted by Gasteiger charge is -2.34. The molecule has 8 nitrogen and oxygen atoms in total. The highest BCUT2D eigenvalue weighted by atomic mass is 16.6. The molecular weight excluding hydrogens is 564 g/mol. The van der Waals surface area contributed by atoms with Crippen LogP contribution >= 0.6 is 0 Å². The van der Waals surface area contributed by atoms with Crippen LogP contribution in [-0.2, 0) is 17.6 Å². The normalized spacial score (nSPS) is 19.0. The van der Waals surface area contributed by atoms with Gasteiger partial charge in [-0.05, 0) is 141 Å². The Kier molecular flexibility index (Phi) is 11.6. The van der Waals surface area contributed by atoms with Crippen LogP contribution in [0.1, 0.15) is 67.7 Å². The summed E-state index contributed by atoms with van der Waals surface area (Å²) in [5.41, 5.74) is 11.4. The Morgan fingerprint density at radius 2 is 1.36 bits per heavy atom. The number of hydrazine groups is 1. The summed E-state index contributed by atoms with van der Waals surface area (Å²) in [6.45, 7) is 6.54. The molecule has 0 radical (unpaired) electrons. The first-order chi connectivity index (χ1) is 22.0. The number of nitrogens with one attached hydrogen (secondary N) is 1. The van der Waals surface area contributed by atoms with Crippen molar-refractivity contribution in [3.63, 3.8) is 0 Å². The Hall–Kier alpha value is -3.80. The van der Waals surface area contributed by atoms with Crippen molar-refractivity contribution in [2.45, 2.75) is 58.3 Å². The first-order valence-electron chi connectivity index (χ1n) is 16.5. The molecule has 2 heterocycles. The molecule has 45 heavy (non-hydrogen) atoms. The highest BCUT2D eigenvalue weighted by Gasteiger charge is 2.27. The predicted octanol–water partition coefficient (Wildman–Crippen LogP) is 6.66. The Morgan fingerprint density at radius 3 is 1.82 bits per heavy atom. The third kappa shape index (κ3) is 8.27. The van der Waals surface area contributed by atoms with Crippen molar-refractivity contribution in [3.05, 3.63) is 70.8 Å². The molecular formula is C37H48N4O4. The molecule has 1 amide bonds. The third-order valence-corrected chi connectivity index (χ3v) is 9.59. The number of ether oxygens (including phenoxy) is 3. The molecule has 0 bridgehead atoms. The molecule has 6 rings (SSSR count). The summed E-state index contributed by atoms with van der Waals surface area (Å²) in [5.74, 6) is 3.04. The number of piperidine rings is 2. The van der Waals surface area contributed by atoms with Crippen LogP contribution in [0.2, 0.25) is 0 Å². The lowest BCUT2D eigenvalue weighted by molar-refractivity contribution is 0.0934. The molecule has 240 valence electrons. The molecule has 0 spiro atoms. The number of nitriles is 1. The highest BCUT2D eigenvalue weighted by Crippen LogP contribution is 2.39. The summed E-state index contributed by atoms with van der Waals surface area (Å²) in [6.07, 6.45) is 13.3. The molecule has 0 saturated carbocycles. The number of rotatable bonds is 7. The van der Waals surface area contributed by atoms with Crippen LogP contribution < -0.4 is 14.9 Å². The number of carbonyl (C=O) groups is 1. The van der Waals surface area contributed by atoms with E-state index in [0.717, 1.165) is 89.0 Å². The van der Waals surface area contributed by atoms with E-state index in [0.29, 0.717) is 25.0 Å². The average molecular weight is 613 g/mol. The molecule has 2 aliphatic heterocycles. The van der Waals surface area contributed by atoms with Gasteiger partial charge in [0.2, 0.25) is 0 Å². The minimum atomic E-state index is -0.358. The summed E-state index contributed by atoms with van der Waals surface area (Å²) in [7, 11) is 3.45. The molecule has 2 aromatic carbocycles. The van der Waals surface area contributed by atoms with E-state index in [-0.39, 0.29) is 6.09 Å². The minimum absolute atomic E-state index is 0.358. The van der Waals surface area contributed by atoms with Crippen LogP contribution in [0.25, 0.3) is 11.1 Å². The van der Waals surface area contributed by atoms with Gasteiger partial charge in [-0.25, -0.2) is 9.80 Å². The first-order valence-corrected chi connectivity index (χ1v) is 16.5. The Morgan fingerprint density at radius 1 is 0.844 bits per heavy atom. The summed E-state index contributed by atoms with van der Waals surface area (Å²) < 4.78 is 15.7. The van der Waals surface area contributed by atoms with Crippen molar-refractivity contribution in [1.82, 2.24) is 15.3 Å². The number of hydrogen-bond acceptors (Lipinski definition) is 7. The molecule has 8 heteroatoms. The van der Waals surface area contributed by atoms with Crippen LogP contribution in [0, 0.1) is 23.2 Å². The van der Waals surface area contributed by atoms with Gasteiger partial charge in [-0.3, -0.25) is 10.3 Å². The number of nitrogens with zero attached hydrogens (tertiary/aromatic N) is 3. The number of hydrogen-bond donors (Lipinski definition) is 1. The van der Waals surface area contributed by atoms with E-state index in [4.69, 9.17) is 19.5 Å².